The first-order chi connectivity index (χ1) is 20.0. The zero-order valence-corrected chi connectivity index (χ0v) is 26.7. The lowest BCUT2D eigenvalue weighted by Gasteiger charge is -2.44. The summed E-state index contributed by atoms with van der Waals surface area (Å²) in [6.07, 6.45) is -0.629. The van der Waals surface area contributed by atoms with Gasteiger partial charge in [0.1, 0.15) is 23.4 Å². The van der Waals surface area contributed by atoms with Gasteiger partial charge < -0.3 is 25.4 Å². The van der Waals surface area contributed by atoms with Crippen LogP contribution in [-0.4, -0.2) is 45.1 Å². The number of alkyl carbamates (subject to hydrolysis) is 1. The molecule has 2 atom stereocenters. The summed E-state index contributed by atoms with van der Waals surface area (Å²) < 4.78 is 5.52. The van der Waals surface area contributed by atoms with E-state index in [1.807, 2.05) is 84.0 Å². The highest BCUT2D eigenvalue weighted by molar-refractivity contribution is 6.00. The van der Waals surface area contributed by atoms with E-state index in [1.165, 1.54) is 12.1 Å². The van der Waals surface area contributed by atoms with Crippen LogP contribution in [0.25, 0.3) is 0 Å². The lowest BCUT2D eigenvalue weighted by atomic mass is 9.89. The fraction of sp³-hybridized carbons (Fsp3) is 0.400. The Morgan fingerprint density at radius 2 is 1.37 bits per heavy atom. The van der Waals surface area contributed by atoms with Crippen LogP contribution in [0.4, 0.5) is 10.5 Å². The van der Waals surface area contributed by atoms with Crippen molar-refractivity contribution in [2.45, 2.75) is 92.0 Å². The van der Waals surface area contributed by atoms with Crippen LogP contribution in [0.15, 0.2) is 66.7 Å². The zero-order valence-electron chi connectivity index (χ0n) is 26.7. The van der Waals surface area contributed by atoms with E-state index in [9.17, 15) is 19.5 Å². The number of ether oxygens (including phenoxy) is 1. The minimum absolute atomic E-state index is 0.0889. The molecule has 0 saturated heterocycles. The second-order valence-corrected chi connectivity index (χ2v) is 13.0. The molecule has 2 unspecified atom stereocenters. The van der Waals surface area contributed by atoms with Gasteiger partial charge in [-0.2, -0.15) is 0 Å². The maximum atomic E-state index is 14.7. The van der Waals surface area contributed by atoms with Crippen LogP contribution in [0.1, 0.15) is 75.4 Å². The van der Waals surface area contributed by atoms with Crippen molar-refractivity contribution in [3.05, 3.63) is 94.5 Å². The number of hydrogen-bond donors (Lipinski definition) is 3. The fourth-order valence-corrected chi connectivity index (χ4v) is 5.08. The normalized spacial score (nSPS) is 13.0. The zero-order chi connectivity index (χ0) is 32.1. The Hall–Kier alpha value is -4.33. The van der Waals surface area contributed by atoms with Crippen molar-refractivity contribution in [1.29, 1.82) is 0 Å². The first-order valence-corrected chi connectivity index (χ1v) is 14.5. The maximum absolute atomic E-state index is 14.7. The van der Waals surface area contributed by atoms with Gasteiger partial charge in [0.2, 0.25) is 5.91 Å². The molecule has 8 heteroatoms. The molecule has 43 heavy (non-hydrogen) atoms. The molecular formula is C35H45N3O5. The Labute approximate surface area is 255 Å². The predicted molar refractivity (Wildman–Crippen MR) is 170 cm³/mol. The van der Waals surface area contributed by atoms with Crippen molar-refractivity contribution >= 4 is 23.6 Å². The van der Waals surface area contributed by atoms with Gasteiger partial charge in [-0.05, 0) is 108 Å². The van der Waals surface area contributed by atoms with Gasteiger partial charge in [-0.3, -0.25) is 9.59 Å². The molecule has 230 valence electrons. The quantitative estimate of drug-likeness (QED) is 0.270. The summed E-state index contributed by atoms with van der Waals surface area (Å²) in [5.41, 5.74) is 3.08. The Kier molecular flexibility index (Phi) is 10.3. The van der Waals surface area contributed by atoms with Crippen LogP contribution in [0.2, 0.25) is 0 Å². The van der Waals surface area contributed by atoms with E-state index in [2.05, 4.69) is 10.6 Å². The molecule has 0 bridgehead atoms. The molecule has 0 fully saturated rings. The minimum atomic E-state index is -1.07. The Bertz CT molecular complexity index is 1430. The molecule has 3 aromatic rings. The molecule has 0 aliphatic heterocycles. The summed E-state index contributed by atoms with van der Waals surface area (Å²) in [6, 6.07) is 17.6. The molecule has 0 aromatic heterocycles. The van der Waals surface area contributed by atoms with Crippen LogP contribution in [0.5, 0.6) is 5.75 Å². The van der Waals surface area contributed by atoms with Crippen LogP contribution < -0.4 is 10.6 Å². The molecule has 0 aliphatic rings. The molecule has 0 saturated carbocycles. The van der Waals surface area contributed by atoms with Crippen LogP contribution in [0.3, 0.4) is 0 Å². The third-order valence-corrected chi connectivity index (χ3v) is 7.05. The summed E-state index contributed by atoms with van der Waals surface area (Å²) in [7, 11) is 0. The second-order valence-electron chi connectivity index (χ2n) is 13.0. The summed E-state index contributed by atoms with van der Waals surface area (Å²) in [4.78, 5) is 43.7. The number of phenolic OH excluding ortho intramolecular Hbond substituents is 1. The van der Waals surface area contributed by atoms with Crippen LogP contribution in [-0.2, 0) is 20.7 Å². The number of aromatic hydroxyl groups is 1. The molecule has 3 rings (SSSR count). The molecule has 3 amide bonds. The summed E-state index contributed by atoms with van der Waals surface area (Å²) in [5.74, 6) is -0.722. The number of benzene rings is 3. The summed E-state index contributed by atoms with van der Waals surface area (Å²) in [5, 5.41) is 15.7. The number of anilines is 1. The van der Waals surface area contributed by atoms with E-state index in [4.69, 9.17) is 4.74 Å². The van der Waals surface area contributed by atoms with Crippen molar-refractivity contribution < 1.29 is 24.2 Å². The van der Waals surface area contributed by atoms with E-state index >= 15 is 0 Å². The minimum Gasteiger partial charge on any atom is -0.508 e. The lowest BCUT2D eigenvalue weighted by molar-refractivity contribution is -0.146. The number of nitrogens with one attached hydrogen (secondary N) is 2. The number of nitrogens with zero attached hydrogens (tertiary/aromatic N) is 1. The third kappa shape index (κ3) is 8.83. The molecule has 0 spiro atoms. The van der Waals surface area contributed by atoms with E-state index in [-0.39, 0.29) is 18.1 Å². The molecule has 3 aromatic carbocycles. The molecule has 0 aliphatic carbocycles. The topological polar surface area (TPSA) is 108 Å². The van der Waals surface area contributed by atoms with Gasteiger partial charge in [-0.25, -0.2) is 4.79 Å². The molecular weight excluding hydrogens is 542 g/mol. The molecule has 3 N–H and O–H groups in total. The molecule has 8 nitrogen and oxygen atoms in total. The number of hydrogen-bond acceptors (Lipinski definition) is 5. The summed E-state index contributed by atoms with van der Waals surface area (Å²) in [6.45, 7) is 16.6. The van der Waals surface area contributed by atoms with Crippen molar-refractivity contribution in [3.8, 4) is 5.75 Å². The van der Waals surface area contributed by atoms with Gasteiger partial charge >= 0.3 is 6.09 Å². The monoisotopic (exact) mass is 587 g/mol. The number of aryl methyl sites for hydroxylation is 3. The van der Waals surface area contributed by atoms with Gasteiger partial charge in [0.25, 0.3) is 5.91 Å². The predicted octanol–water partition coefficient (Wildman–Crippen LogP) is 6.76. The van der Waals surface area contributed by atoms with Gasteiger partial charge in [0, 0.05) is 17.6 Å². The molecule has 0 radical (unpaired) electrons. The highest BCUT2D eigenvalue weighted by Gasteiger charge is 2.43. The van der Waals surface area contributed by atoms with Crippen LogP contribution >= 0.6 is 0 Å². The van der Waals surface area contributed by atoms with E-state index in [0.29, 0.717) is 11.3 Å². The average molecular weight is 588 g/mol. The fourth-order valence-electron chi connectivity index (χ4n) is 5.08. The Morgan fingerprint density at radius 3 is 1.91 bits per heavy atom. The lowest BCUT2D eigenvalue weighted by Crippen LogP contribution is -2.58. The first-order valence-electron chi connectivity index (χ1n) is 14.5. The van der Waals surface area contributed by atoms with Gasteiger partial charge in [0.05, 0.1) is 0 Å². The highest BCUT2D eigenvalue weighted by Crippen LogP contribution is 2.35. The van der Waals surface area contributed by atoms with Crippen LogP contribution in [0, 0.1) is 20.8 Å². The van der Waals surface area contributed by atoms with E-state index < -0.39 is 35.2 Å². The second kappa shape index (κ2) is 13.3. The van der Waals surface area contributed by atoms with Crippen molar-refractivity contribution in [1.82, 2.24) is 10.2 Å². The van der Waals surface area contributed by atoms with Gasteiger partial charge in [-0.1, -0.05) is 48.5 Å². The number of phenols is 1. The van der Waals surface area contributed by atoms with Gasteiger partial charge in [0.15, 0.2) is 0 Å². The van der Waals surface area contributed by atoms with Crippen molar-refractivity contribution in [3.63, 3.8) is 0 Å². The Morgan fingerprint density at radius 1 is 0.814 bits per heavy atom. The van der Waals surface area contributed by atoms with E-state index in [1.54, 1.807) is 37.8 Å². The number of carbonyl (C=O) groups is 3. The first kappa shape index (κ1) is 33.2. The SMILES string of the molecule is Cc1ccccc1NC(=O)C(c1c(C)cccc1C)N(C(=O)C(Cc1ccc(O)cc1)NC(=O)OC(C)(C)C)C(C)(C)C. The van der Waals surface area contributed by atoms with Crippen molar-refractivity contribution in [2.75, 3.05) is 5.32 Å². The standard InChI is InChI=1S/C35H45N3O5/c1-22-13-10-11-16-27(22)36-31(40)30(29-23(2)14-12-15-24(29)3)38(34(4,5)6)32(41)28(37-33(42)43-35(7,8)9)21-25-17-19-26(39)20-18-25/h10-20,28,30,39H,21H2,1-9H3,(H,36,40)(H,37,42). The maximum Gasteiger partial charge on any atom is 0.408 e. The smallest absolute Gasteiger partial charge is 0.408 e. The highest BCUT2D eigenvalue weighted by atomic mass is 16.6. The third-order valence-electron chi connectivity index (χ3n) is 7.05. The average Bonchev–Trinajstić information content (AvgIpc) is 2.88. The summed E-state index contributed by atoms with van der Waals surface area (Å²) >= 11 is 0. The van der Waals surface area contributed by atoms with Gasteiger partial charge in [-0.15, -0.1) is 0 Å². The number of amides is 3. The van der Waals surface area contributed by atoms with Crippen molar-refractivity contribution in [2.24, 2.45) is 0 Å². The number of para-hydroxylation sites is 1. The molecule has 0 heterocycles. The largest absolute Gasteiger partial charge is 0.508 e. The number of rotatable bonds is 8. The van der Waals surface area contributed by atoms with E-state index in [0.717, 1.165) is 22.3 Å². The number of carbonyl (C=O) groups excluding carboxylic acids is 3. The Balaban J connectivity index is 2.17.